The zero-order valence-electron chi connectivity index (χ0n) is 20.1. The van der Waals surface area contributed by atoms with Gasteiger partial charge in [0, 0.05) is 18.2 Å². The summed E-state index contributed by atoms with van der Waals surface area (Å²) in [6.45, 7) is 8.25. The maximum atomic E-state index is 13.4. The van der Waals surface area contributed by atoms with E-state index < -0.39 is 0 Å². The van der Waals surface area contributed by atoms with Crippen LogP contribution in [0.3, 0.4) is 0 Å². The van der Waals surface area contributed by atoms with Gasteiger partial charge in [0.05, 0.1) is 24.1 Å². The van der Waals surface area contributed by atoms with Crippen molar-refractivity contribution >= 4 is 28.4 Å². The Hall–Kier alpha value is -3.93. The predicted molar refractivity (Wildman–Crippen MR) is 135 cm³/mol. The van der Waals surface area contributed by atoms with E-state index in [4.69, 9.17) is 5.41 Å². The maximum Gasteiger partial charge on any atom is 0.221 e. The number of fused-ring (bicyclic) bond motifs is 1. The van der Waals surface area contributed by atoms with Crippen LogP contribution in [-0.4, -0.2) is 20.8 Å². The van der Waals surface area contributed by atoms with Crippen LogP contribution >= 0.6 is 0 Å². The highest BCUT2D eigenvalue weighted by Gasteiger charge is 2.22. The van der Waals surface area contributed by atoms with Crippen molar-refractivity contribution < 1.29 is 9.59 Å². The molecule has 0 bridgehead atoms. The fourth-order valence-corrected chi connectivity index (χ4v) is 4.25. The topological polar surface area (TPSA) is 79.9 Å². The molecular formula is C28H30N4O2. The van der Waals surface area contributed by atoms with Crippen LogP contribution in [-0.2, 0) is 23.3 Å². The molecule has 0 atom stereocenters. The van der Waals surface area contributed by atoms with Crippen molar-refractivity contribution in [2.45, 2.75) is 46.2 Å². The third kappa shape index (κ3) is 4.71. The van der Waals surface area contributed by atoms with Crippen molar-refractivity contribution in [3.63, 3.8) is 0 Å². The van der Waals surface area contributed by atoms with Gasteiger partial charge >= 0.3 is 0 Å². The van der Waals surface area contributed by atoms with Gasteiger partial charge in [0.2, 0.25) is 11.5 Å². The molecule has 3 aromatic carbocycles. The first-order chi connectivity index (χ1) is 16.1. The average Bonchev–Trinajstić information content (AvgIpc) is 3.05. The lowest BCUT2D eigenvalue weighted by Gasteiger charge is -2.23. The van der Waals surface area contributed by atoms with Gasteiger partial charge in [0.25, 0.3) is 0 Å². The van der Waals surface area contributed by atoms with Crippen LogP contribution in [0, 0.1) is 5.41 Å². The fourth-order valence-electron chi connectivity index (χ4n) is 4.25. The highest BCUT2D eigenvalue weighted by molar-refractivity contribution is 5.98. The Bertz CT molecular complexity index is 1420. The SMILES string of the molecule is CC(=O)Nc1ccc(C(=O)Cn2c(=N)n(Cc3ccccc3)c3ccccc32)cc1C(C)(C)C. The summed E-state index contributed by atoms with van der Waals surface area (Å²) in [7, 11) is 0. The monoisotopic (exact) mass is 454 g/mol. The first-order valence-electron chi connectivity index (χ1n) is 11.4. The Morgan fingerprint density at radius 2 is 1.50 bits per heavy atom. The molecule has 1 aromatic heterocycles. The molecule has 174 valence electrons. The third-order valence-electron chi connectivity index (χ3n) is 5.92. The number of amides is 1. The fraction of sp³-hybridized carbons (Fsp3) is 0.250. The van der Waals surface area contributed by atoms with Crippen LogP contribution in [0.1, 0.15) is 49.2 Å². The van der Waals surface area contributed by atoms with Crippen LogP contribution in [0.2, 0.25) is 0 Å². The third-order valence-corrected chi connectivity index (χ3v) is 5.92. The number of nitrogens with zero attached hydrogens (tertiary/aromatic N) is 2. The Morgan fingerprint density at radius 3 is 2.12 bits per heavy atom. The molecule has 0 aliphatic rings. The number of hydrogen-bond donors (Lipinski definition) is 2. The number of rotatable bonds is 6. The van der Waals surface area contributed by atoms with Gasteiger partial charge in [-0.25, -0.2) is 0 Å². The zero-order valence-corrected chi connectivity index (χ0v) is 20.1. The molecule has 0 spiro atoms. The molecule has 0 aliphatic carbocycles. The van der Waals surface area contributed by atoms with Crippen LogP contribution in [0.5, 0.6) is 0 Å². The van der Waals surface area contributed by atoms with Gasteiger partial charge in [-0.3, -0.25) is 15.0 Å². The lowest BCUT2D eigenvalue weighted by Crippen LogP contribution is -2.28. The summed E-state index contributed by atoms with van der Waals surface area (Å²) >= 11 is 0. The number of aromatic nitrogens is 2. The Morgan fingerprint density at radius 1 is 0.882 bits per heavy atom. The van der Waals surface area contributed by atoms with Crippen LogP contribution in [0.4, 0.5) is 5.69 Å². The molecule has 1 amide bonds. The number of imidazole rings is 1. The quantitative estimate of drug-likeness (QED) is 0.397. The van der Waals surface area contributed by atoms with Gasteiger partial charge in [-0.05, 0) is 46.9 Å². The van der Waals surface area contributed by atoms with Crippen molar-refractivity contribution in [2.24, 2.45) is 0 Å². The number of para-hydroxylation sites is 2. The van der Waals surface area contributed by atoms with E-state index in [0.717, 1.165) is 22.2 Å². The normalized spacial score (nSPS) is 11.5. The second-order valence-electron chi connectivity index (χ2n) is 9.58. The first-order valence-corrected chi connectivity index (χ1v) is 11.4. The van der Waals surface area contributed by atoms with Gasteiger partial charge in [-0.1, -0.05) is 63.2 Å². The minimum absolute atomic E-state index is 0.0597. The van der Waals surface area contributed by atoms with Crippen LogP contribution < -0.4 is 10.9 Å². The van der Waals surface area contributed by atoms with Gasteiger partial charge in [-0.2, -0.15) is 0 Å². The second kappa shape index (κ2) is 9.14. The Kier molecular flexibility index (Phi) is 6.24. The molecule has 2 N–H and O–H groups in total. The Balaban J connectivity index is 1.72. The maximum absolute atomic E-state index is 13.4. The van der Waals surface area contributed by atoms with Crippen LogP contribution in [0.15, 0.2) is 72.8 Å². The van der Waals surface area contributed by atoms with Crippen molar-refractivity contribution in [3.8, 4) is 0 Å². The molecule has 34 heavy (non-hydrogen) atoms. The van der Waals surface area contributed by atoms with E-state index in [1.807, 2.05) is 65.2 Å². The predicted octanol–water partition coefficient (Wildman–Crippen LogP) is 5.11. The summed E-state index contributed by atoms with van der Waals surface area (Å²) in [5.41, 5.74) is 5.06. The summed E-state index contributed by atoms with van der Waals surface area (Å²) in [6, 6.07) is 23.2. The zero-order chi connectivity index (χ0) is 24.5. The number of nitrogens with one attached hydrogen (secondary N) is 2. The lowest BCUT2D eigenvalue weighted by molar-refractivity contribution is -0.114. The molecule has 0 fully saturated rings. The highest BCUT2D eigenvalue weighted by Crippen LogP contribution is 2.31. The minimum Gasteiger partial charge on any atom is -0.326 e. The molecule has 0 saturated carbocycles. The van der Waals surface area contributed by atoms with E-state index >= 15 is 0 Å². The smallest absolute Gasteiger partial charge is 0.221 e. The molecule has 6 nitrogen and oxygen atoms in total. The number of benzene rings is 3. The number of carbonyl (C=O) groups excluding carboxylic acids is 2. The molecule has 6 heteroatoms. The number of carbonyl (C=O) groups is 2. The largest absolute Gasteiger partial charge is 0.326 e. The summed E-state index contributed by atoms with van der Waals surface area (Å²) in [5, 5.41) is 11.7. The molecule has 0 radical (unpaired) electrons. The van der Waals surface area contributed by atoms with Crippen molar-refractivity contribution in [2.75, 3.05) is 5.32 Å². The van der Waals surface area contributed by atoms with Gasteiger partial charge in [0.1, 0.15) is 0 Å². The van der Waals surface area contributed by atoms with Crippen molar-refractivity contribution in [1.29, 1.82) is 5.41 Å². The number of Topliss-reactive ketones (excluding diaryl/α,β-unsaturated/α-hetero) is 1. The molecule has 4 aromatic rings. The second-order valence-corrected chi connectivity index (χ2v) is 9.58. The highest BCUT2D eigenvalue weighted by atomic mass is 16.1. The summed E-state index contributed by atoms with van der Waals surface area (Å²) in [6.07, 6.45) is 0. The number of anilines is 1. The molecule has 0 saturated heterocycles. The molecule has 1 heterocycles. The summed E-state index contributed by atoms with van der Waals surface area (Å²) in [4.78, 5) is 25.0. The standard InChI is InChI=1S/C28H30N4O2/c1-19(33)30-23-15-14-21(16-22(23)28(2,3)4)26(34)18-32-25-13-9-8-12-24(25)31(27(32)29)17-20-10-6-5-7-11-20/h5-16,29H,17-18H2,1-4H3,(H,30,33). The number of hydrogen-bond acceptors (Lipinski definition) is 3. The molecule has 0 unspecified atom stereocenters. The van der Waals surface area contributed by atoms with E-state index in [1.165, 1.54) is 6.92 Å². The van der Waals surface area contributed by atoms with Gasteiger partial charge in [0.15, 0.2) is 5.78 Å². The lowest BCUT2D eigenvalue weighted by atomic mass is 9.84. The van der Waals surface area contributed by atoms with Gasteiger partial charge in [-0.15, -0.1) is 0 Å². The van der Waals surface area contributed by atoms with Crippen LogP contribution in [0.25, 0.3) is 11.0 Å². The van der Waals surface area contributed by atoms with Crippen molar-refractivity contribution in [1.82, 2.24) is 9.13 Å². The van der Waals surface area contributed by atoms with E-state index in [9.17, 15) is 9.59 Å². The van der Waals surface area contributed by atoms with E-state index in [1.54, 1.807) is 16.7 Å². The van der Waals surface area contributed by atoms with Gasteiger partial charge < -0.3 is 14.5 Å². The van der Waals surface area contributed by atoms with E-state index in [-0.39, 0.29) is 29.3 Å². The number of ketones is 1. The molecule has 4 rings (SSSR count). The molecule has 0 aliphatic heterocycles. The van der Waals surface area contributed by atoms with E-state index in [2.05, 4.69) is 26.1 Å². The summed E-state index contributed by atoms with van der Waals surface area (Å²) in [5.74, 6) is -0.230. The minimum atomic E-state index is -0.256. The average molecular weight is 455 g/mol. The van der Waals surface area contributed by atoms with Crippen molar-refractivity contribution in [3.05, 3.63) is 95.1 Å². The summed E-state index contributed by atoms with van der Waals surface area (Å²) < 4.78 is 3.69. The first kappa shape index (κ1) is 23.2. The molecular weight excluding hydrogens is 424 g/mol. The Labute approximate surface area is 199 Å². The van der Waals surface area contributed by atoms with E-state index in [0.29, 0.717) is 17.8 Å².